The maximum atomic E-state index is 13.3. The molecule has 0 spiro atoms. The van der Waals surface area contributed by atoms with Gasteiger partial charge in [0.2, 0.25) is 5.91 Å². The number of carbonyl (C=O) groups excluding carboxylic acids is 1. The van der Waals surface area contributed by atoms with Crippen LogP contribution in [0.15, 0.2) is 65.6 Å². The summed E-state index contributed by atoms with van der Waals surface area (Å²) in [6, 6.07) is 15.8. The molecular formula is C24H23FN6O2. The summed E-state index contributed by atoms with van der Waals surface area (Å²) in [5.41, 5.74) is 2.20. The zero-order valence-electron chi connectivity index (χ0n) is 18.2. The molecule has 0 saturated carbocycles. The molecule has 1 aliphatic heterocycles. The van der Waals surface area contributed by atoms with Gasteiger partial charge >= 0.3 is 0 Å². The van der Waals surface area contributed by atoms with Crippen LogP contribution in [-0.4, -0.2) is 56.5 Å². The first-order chi connectivity index (χ1) is 16.0. The van der Waals surface area contributed by atoms with E-state index in [1.165, 1.54) is 21.5 Å². The van der Waals surface area contributed by atoms with E-state index in [0.29, 0.717) is 35.4 Å². The number of amides is 1. The second-order valence-corrected chi connectivity index (χ2v) is 8.05. The molecule has 4 aromatic rings. The standard InChI is InChI=1S/C24H23FN6O2/c1-17-21-15-26-31(20-9-7-18(25)8-10-20)23(21)24(33)30(27-17)16-22(32)29-13-11-28(12-14-29)19-5-3-2-4-6-19/h2-10,15H,11-14,16H2,1H3. The molecule has 3 heterocycles. The SMILES string of the molecule is Cc1nn(CC(=O)N2CCN(c3ccccc3)CC2)c(=O)c2c1cnn2-c1ccc(F)cc1. The topological polar surface area (TPSA) is 76.3 Å². The number of carbonyl (C=O) groups is 1. The van der Waals surface area contributed by atoms with Crippen LogP contribution in [0.2, 0.25) is 0 Å². The van der Waals surface area contributed by atoms with Gasteiger partial charge in [0.15, 0.2) is 0 Å². The van der Waals surface area contributed by atoms with E-state index in [1.807, 2.05) is 18.2 Å². The molecule has 0 atom stereocenters. The highest BCUT2D eigenvalue weighted by molar-refractivity contribution is 5.82. The van der Waals surface area contributed by atoms with Gasteiger partial charge in [-0.15, -0.1) is 0 Å². The molecule has 1 amide bonds. The van der Waals surface area contributed by atoms with Crippen molar-refractivity contribution in [3.05, 3.63) is 82.7 Å². The highest BCUT2D eigenvalue weighted by atomic mass is 19.1. The second kappa shape index (κ2) is 8.50. The smallest absolute Gasteiger partial charge is 0.293 e. The van der Waals surface area contributed by atoms with Crippen molar-refractivity contribution in [3.63, 3.8) is 0 Å². The third kappa shape index (κ3) is 3.97. The van der Waals surface area contributed by atoms with Crippen molar-refractivity contribution in [2.75, 3.05) is 31.1 Å². The quantitative estimate of drug-likeness (QED) is 0.481. The largest absolute Gasteiger partial charge is 0.368 e. The minimum atomic E-state index is -0.409. The van der Waals surface area contributed by atoms with Crippen molar-refractivity contribution in [2.24, 2.45) is 0 Å². The number of aryl methyl sites for hydroxylation is 1. The first-order valence-corrected chi connectivity index (χ1v) is 10.8. The highest BCUT2D eigenvalue weighted by Crippen LogP contribution is 2.18. The number of hydrogen-bond acceptors (Lipinski definition) is 5. The zero-order valence-corrected chi connectivity index (χ0v) is 18.2. The van der Waals surface area contributed by atoms with E-state index in [4.69, 9.17) is 0 Å². The van der Waals surface area contributed by atoms with E-state index in [0.717, 1.165) is 18.8 Å². The summed E-state index contributed by atoms with van der Waals surface area (Å²) in [7, 11) is 0. The summed E-state index contributed by atoms with van der Waals surface area (Å²) in [6.45, 7) is 4.25. The van der Waals surface area contributed by atoms with Crippen LogP contribution in [0.1, 0.15) is 5.69 Å². The Morgan fingerprint density at radius 2 is 1.67 bits per heavy atom. The van der Waals surface area contributed by atoms with Crippen LogP contribution in [0.5, 0.6) is 0 Å². The molecule has 5 rings (SSSR count). The maximum Gasteiger partial charge on any atom is 0.293 e. The van der Waals surface area contributed by atoms with Crippen LogP contribution in [0.4, 0.5) is 10.1 Å². The lowest BCUT2D eigenvalue weighted by Crippen LogP contribution is -2.50. The van der Waals surface area contributed by atoms with Crippen LogP contribution < -0.4 is 10.5 Å². The summed E-state index contributed by atoms with van der Waals surface area (Å²) in [5, 5.41) is 9.26. The number of halogens is 1. The lowest BCUT2D eigenvalue weighted by Gasteiger charge is -2.36. The first-order valence-electron chi connectivity index (χ1n) is 10.8. The van der Waals surface area contributed by atoms with Crippen molar-refractivity contribution in [3.8, 4) is 5.69 Å². The number of para-hydroxylation sites is 1. The monoisotopic (exact) mass is 446 g/mol. The summed E-state index contributed by atoms with van der Waals surface area (Å²) in [4.78, 5) is 30.2. The van der Waals surface area contributed by atoms with Crippen molar-refractivity contribution in [1.29, 1.82) is 0 Å². The minimum absolute atomic E-state index is 0.143. The Labute approximate surface area is 189 Å². The van der Waals surface area contributed by atoms with Crippen LogP contribution in [0, 0.1) is 12.7 Å². The number of nitrogens with zero attached hydrogens (tertiary/aromatic N) is 6. The molecule has 8 nitrogen and oxygen atoms in total. The summed E-state index contributed by atoms with van der Waals surface area (Å²) >= 11 is 0. The molecule has 9 heteroatoms. The summed E-state index contributed by atoms with van der Waals surface area (Å²) in [5.74, 6) is -0.521. The number of hydrogen-bond donors (Lipinski definition) is 0. The summed E-state index contributed by atoms with van der Waals surface area (Å²) in [6.07, 6.45) is 1.57. The molecule has 2 aromatic carbocycles. The van der Waals surface area contributed by atoms with Gasteiger partial charge in [-0.25, -0.2) is 13.8 Å². The number of rotatable bonds is 4. The van der Waals surface area contributed by atoms with Gasteiger partial charge in [-0.2, -0.15) is 10.2 Å². The fraction of sp³-hybridized carbons (Fsp3) is 0.250. The van der Waals surface area contributed by atoms with Gasteiger partial charge in [0.25, 0.3) is 5.56 Å². The molecule has 1 saturated heterocycles. The van der Waals surface area contributed by atoms with Crippen LogP contribution >= 0.6 is 0 Å². The molecule has 0 N–H and O–H groups in total. The minimum Gasteiger partial charge on any atom is -0.368 e. The van der Waals surface area contributed by atoms with Gasteiger partial charge in [0.05, 0.1) is 17.6 Å². The number of anilines is 1. The molecule has 0 unspecified atom stereocenters. The summed E-state index contributed by atoms with van der Waals surface area (Å²) < 4.78 is 16.0. The molecule has 33 heavy (non-hydrogen) atoms. The lowest BCUT2D eigenvalue weighted by molar-refractivity contribution is -0.132. The fourth-order valence-corrected chi connectivity index (χ4v) is 4.19. The van der Waals surface area contributed by atoms with Crippen molar-refractivity contribution >= 4 is 22.5 Å². The molecule has 168 valence electrons. The Kier molecular flexibility index (Phi) is 5.37. The van der Waals surface area contributed by atoms with Crippen molar-refractivity contribution in [2.45, 2.75) is 13.5 Å². The third-order valence-electron chi connectivity index (χ3n) is 5.98. The van der Waals surface area contributed by atoms with Crippen molar-refractivity contribution in [1.82, 2.24) is 24.5 Å². The highest BCUT2D eigenvalue weighted by Gasteiger charge is 2.23. The molecule has 1 aliphatic rings. The zero-order chi connectivity index (χ0) is 22.9. The Morgan fingerprint density at radius 1 is 0.970 bits per heavy atom. The van der Waals surface area contributed by atoms with Gasteiger partial charge in [0.1, 0.15) is 17.9 Å². The first kappa shape index (κ1) is 20.9. The van der Waals surface area contributed by atoms with E-state index < -0.39 is 5.56 Å². The Bertz CT molecular complexity index is 1360. The van der Waals surface area contributed by atoms with Gasteiger partial charge in [-0.05, 0) is 43.3 Å². The number of aromatic nitrogens is 4. The van der Waals surface area contributed by atoms with Crippen LogP contribution in [0.3, 0.4) is 0 Å². The number of fused-ring (bicyclic) bond motifs is 1. The molecule has 2 aromatic heterocycles. The predicted octanol–water partition coefficient (Wildman–Crippen LogP) is 2.38. The number of piperazine rings is 1. The fourth-order valence-electron chi connectivity index (χ4n) is 4.19. The number of benzene rings is 2. The normalized spacial score (nSPS) is 14.1. The Hall–Kier alpha value is -4.01. The van der Waals surface area contributed by atoms with Gasteiger partial charge in [0, 0.05) is 37.3 Å². The van der Waals surface area contributed by atoms with E-state index >= 15 is 0 Å². The average Bonchev–Trinajstić information content (AvgIpc) is 3.29. The van der Waals surface area contributed by atoms with Gasteiger partial charge in [-0.3, -0.25) is 9.59 Å². The molecule has 0 aliphatic carbocycles. The molecule has 0 bridgehead atoms. The van der Waals surface area contributed by atoms with Gasteiger partial charge < -0.3 is 9.80 Å². The Balaban J connectivity index is 1.37. The molecular weight excluding hydrogens is 423 g/mol. The van der Waals surface area contributed by atoms with Crippen molar-refractivity contribution < 1.29 is 9.18 Å². The van der Waals surface area contributed by atoms with Crippen LogP contribution in [0.25, 0.3) is 16.6 Å². The van der Waals surface area contributed by atoms with Gasteiger partial charge in [-0.1, -0.05) is 18.2 Å². The van der Waals surface area contributed by atoms with Crippen LogP contribution in [-0.2, 0) is 11.3 Å². The third-order valence-corrected chi connectivity index (χ3v) is 5.98. The second-order valence-electron chi connectivity index (χ2n) is 8.05. The molecule has 1 fully saturated rings. The lowest BCUT2D eigenvalue weighted by atomic mass is 10.2. The molecule has 0 radical (unpaired) electrons. The average molecular weight is 446 g/mol. The van der Waals surface area contributed by atoms with E-state index in [9.17, 15) is 14.0 Å². The van der Waals surface area contributed by atoms with E-state index in [-0.39, 0.29) is 18.3 Å². The van der Waals surface area contributed by atoms with E-state index in [1.54, 1.807) is 30.2 Å². The van der Waals surface area contributed by atoms with E-state index in [2.05, 4.69) is 27.2 Å². The maximum absolute atomic E-state index is 13.3. The predicted molar refractivity (Wildman–Crippen MR) is 123 cm³/mol. The Morgan fingerprint density at radius 3 is 2.36 bits per heavy atom.